The van der Waals surface area contributed by atoms with Crippen LogP contribution < -0.4 is 5.32 Å². The van der Waals surface area contributed by atoms with E-state index in [2.05, 4.69) is 5.32 Å². The van der Waals surface area contributed by atoms with Crippen LogP contribution in [-0.2, 0) is 9.59 Å². The van der Waals surface area contributed by atoms with Crippen molar-refractivity contribution in [1.82, 2.24) is 5.32 Å². The number of alkyl halides is 2. The van der Waals surface area contributed by atoms with Crippen LogP contribution in [0.25, 0.3) is 0 Å². The molecule has 1 saturated carbocycles. The number of carbonyl (C=O) groups excluding carboxylic acids is 2. The Hall–Kier alpha value is -1.00. The van der Waals surface area contributed by atoms with Crippen molar-refractivity contribution in [3.8, 4) is 0 Å². The summed E-state index contributed by atoms with van der Waals surface area (Å²) in [5, 5.41) is 2.15. The van der Waals surface area contributed by atoms with Crippen LogP contribution in [0.3, 0.4) is 0 Å². The first-order chi connectivity index (χ1) is 7.52. The zero-order valence-electron chi connectivity index (χ0n) is 9.34. The normalized spacial score (nSPS) is 19.5. The third kappa shape index (κ3) is 3.54. The highest BCUT2D eigenvalue weighted by atomic mass is 19.3. The molecule has 1 atom stereocenters. The minimum Gasteiger partial charge on any atom is -0.341 e. The van der Waals surface area contributed by atoms with E-state index in [4.69, 9.17) is 0 Å². The number of halogens is 2. The van der Waals surface area contributed by atoms with Gasteiger partial charge < -0.3 is 5.32 Å². The molecule has 1 fully saturated rings. The molecule has 0 saturated heterocycles. The molecule has 0 bridgehead atoms. The second kappa shape index (κ2) is 5.92. The average molecular weight is 233 g/mol. The summed E-state index contributed by atoms with van der Waals surface area (Å²) in [6, 6.07) is -0.734. The fourth-order valence-corrected chi connectivity index (χ4v) is 2.24. The van der Waals surface area contributed by atoms with E-state index < -0.39 is 18.4 Å². The van der Waals surface area contributed by atoms with Crippen molar-refractivity contribution in [2.45, 2.75) is 51.5 Å². The minimum atomic E-state index is -3.05. The molecule has 1 N–H and O–H groups in total. The van der Waals surface area contributed by atoms with E-state index in [1.165, 1.54) is 6.92 Å². The Morgan fingerprint density at radius 2 is 1.75 bits per heavy atom. The molecular weight excluding hydrogens is 216 g/mol. The van der Waals surface area contributed by atoms with E-state index in [0.717, 1.165) is 32.1 Å². The number of rotatable bonds is 4. The van der Waals surface area contributed by atoms with Crippen LogP contribution in [0.5, 0.6) is 0 Å². The summed E-state index contributed by atoms with van der Waals surface area (Å²) in [7, 11) is 0. The number of ketones is 1. The molecule has 1 aliphatic carbocycles. The first kappa shape index (κ1) is 13.1. The van der Waals surface area contributed by atoms with Gasteiger partial charge in [-0.2, -0.15) is 8.78 Å². The molecule has 0 radical (unpaired) electrons. The Bertz CT molecular complexity index is 263. The van der Waals surface area contributed by atoms with Gasteiger partial charge in [0.25, 0.3) is 5.91 Å². The first-order valence-corrected chi connectivity index (χ1v) is 5.61. The van der Waals surface area contributed by atoms with Crippen LogP contribution in [0.2, 0.25) is 0 Å². The van der Waals surface area contributed by atoms with Crippen molar-refractivity contribution in [3.05, 3.63) is 0 Å². The van der Waals surface area contributed by atoms with Gasteiger partial charge in [0.1, 0.15) is 0 Å². The molecule has 0 aliphatic heterocycles. The molecule has 3 nitrogen and oxygen atoms in total. The Labute approximate surface area is 93.6 Å². The molecule has 92 valence electrons. The summed E-state index contributed by atoms with van der Waals surface area (Å²) in [6.45, 7) is 1.34. The molecule has 0 heterocycles. The van der Waals surface area contributed by atoms with Gasteiger partial charge in [-0.25, -0.2) is 0 Å². The number of amides is 1. The smallest absolute Gasteiger partial charge is 0.315 e. The molecule has 0 aromatic heterocycles. The van der Waals surface area contributed by atoms with Gasteiger partial charge >= 0.3 is 6.43 Å². The standard InChI is InChI=1S/C11H17F2NO2/c1-7(15)9(14-11(16)10(12)13)8-5-3-2-4-6-8/h8-10H,2-6H2,1H3,(H,14,16)/t9-/m0/s1. The van der Waals surface area contributed by atoms with E-state index in [1.54, 1.807) is 0 Å². The first-order valence-electron chi connectivity index (χ1n) is 5.61. The van der Waals surface area contributed by atoms with Crippen molar-refractivity contribution in [1.29, 1.82) is 0 Å². The van der Waals surface area contributed by atoms with Crippen LogP contribution in [0, 0.1) is 5.92 Å². The monoisotopic (exact) mass is 233 g/mol. The third-order valence-electron chi connectivity index (χ3n) is 3.06. The van der Waals surface area contributed by atoms with E-state index in [0.29, 0.717) is 0 Å². The van der Waals surface area contributed by atoms with Gasteiger partial charge in [0.2, 0.25) is 0 Å². The second-order valence-corrected chi connectivity index (χ2v) is 4.30. The number of nitrogens with one attached hydrogen (secondary N) is 1. The molecule has 1 aliphatic rings. The van der Waals surface area contributed by atoms with Crippen LogP contribution in [-0.4, -0.2) is 24.2 Å². The zero-order chi connectivity index (χ0) is 12.1. The van der Waals surface area contributed by atoms with Gasteiger partial charge in [0.05, 0.1) is 6.04 Å². The molecule has 5 heteroatoms. The maximum Gasteiger partial charge on any atom is 0.315 e. The molecule has 1 amide bonds. The van der Waals surface area contributed by atoms with Crippen LogP contribution in [0.1, 0.15) is 39.0 Å². The Balaban J connectivity index is 2.59. The number of carbonyl (C=O) groups is 2. The quantitative estimate of drug-likeness (QED) is 0.806. The Morgan fingerprint density at radius 1 is 1.19 bits per heavy atom. The zero-order valence-corrected chi connectivity index (χ0v) is 9.34. The lowest BCUT2D eigenvalue weighted by atomic mass is 9.82. The topological polar surface area (TPSA) is 46.2 Å². The fourth-order valence-electron chi connectivity index (χ4n) is 2.24. The van der Waals surface area contributed by atoms with Gasteiger partial charge in [-0.15, -0.1) is 0 Å². The number of hydrogen-bond donors (Lipinski definition) is 1. The van der Waals surface area contributed by atoms with E-state index in [9.17, 15) is 18.4 Å². The molecule has 16 heavy (non-hydrogen) atoms. The van der Waals surface area contributed by atoms with E-state index in [-0.39, 0.29) is 11.7 Å². The van der Waals surface area contributed by atoms with Crippen molar-refractivity contribution in [2.75, 3.05) is 0 Å². The van der Waals surface area contributed by atoms with Gasteiger partial charge in [0, 0.05) is 0 Å². The van der Waals surface area contributed by atoms with Crippen molar-refractivity contribution in [3.63, 3.8) is 0 Å². The number of hydrogen-bond acceptors (Lipinski definition) is 2. The SMILES string of the molecule is CC(=O)[C@H](NC(=O)C(F)F)C1CCCCC1. The largest absolute Gasteiger partial charge is 0.341 e. The predicted molar refractivity (Wildman–Crippen MR) is 55.2 cm³/mol. The van der Waals surface area contributed by atoms with Gasteiger partial charge in [-0.3, -0.25) is 9.59 Å². The summed E-state index contributed by atoms with van der Waals surface area (Å²) in [6.07, 6.45) is 1.72. The van der Waals surface area contributed by atoms with Crippen LogP contribution in [0.15, 0.2) is 0 Å². The lowest BCUT2D eigenvalue weighted by Gasteiger charge is -2.29. The highest BCUT2D eigenvalue weighted by Gasteiger charge is 2.30. The van der Waals surface area contributed by atoms with E-state index >= 15 is 0 Å². The van der Waals surface area contributed by atoms with Crippen LogP contribution in [0.4, 0.5) is 8.78 Å². The third-order valence-corrected chi connectivity index (χ3v) is 3.06. The summed E-state index contributed by atoms with van der Waals surface area (Å²) in [4.78, 5) is 22.2. The summed E-state index contributed by atoms with van der Waals surface area (Å²) in [5.41, 5.74) is 0. The molecular formula is C11H17F2NO2. The van der Waals surface area contributed by atoms with Gasteiger partial charge in [-0.1, -0.05) is 19.3 Å². The summed E-state index contributed by atoms with van der Waals surface area (Å²) < 4.78 is 24.2. The van der Waals surface area contributed by atoms with E-state index in [1.807, 2.05) is 0 Å². The molecule has 0 spiro atoms. The highest BCUT2D eigenvalue weighted by molar-refractivity contribution is 5.88. The summed E-state index contributed by atoms with van der Waals surface area (Å²) in [5.74, 6) is -1.55. The Morgan fingerprint density at radius 3 is 2.19 bits per heavy atom. The van der Waals surface area contributed by atoms with Gasteiger partial charge in [0.15, 0.2) is 5.78 Å². The number of Topliss-reactive ketones (excluding diaryl/α,β-unsaturated/α-hetero) is 1. The second-order valence-electron chi connectivity index (χ2n) is 4.30. The van der Waals surface area contributed by atoms with Crippen molar-refractivity contribution in [2.24, 2.45) is 5.92 Å². The molecule has 0 aromatic carbocycles. The van der Waals surface area contributed by atoms with Crippen molar-refractivity contribution < 1.29 is 18.4 Å². The lowest BCUT2D eigenvalue weighted by Crippen LogP contribution is -2.47. The Kier molecular flexibility index (Phi) is 4.83. The maximum absolute atomic E-state index is 12.1. The van der Waals surface area contributed by atoms with Crippen LogP contribution >= 0.6 is 0 Å². The molecule has 0 unspecified atom stereocenters. The fraction of sp³-hybridized carbons (Fsp3) is 0.818. The predicted octanol–water partition coefficient (Wildman–Crippen LogP) is 1.91. The maximum atomic E-state index is 12.1. The minimum absolute atomic E-state index is 0.0222. The molecule has 1 rings (SSSR count). The lowest BCUT2D eigenvalue weighted by molar-refractivity contribution is -0.136. The molecule has 0 aromatic rings. The van der Waals surface area contributed by atoms with Gasteiger partial charge in [-0.05, 0) is 25.7 Å². The summed E-state index contributed by atoms with van der Waals surface area (Å²) >= 11 is 0. The van der Waals surface area contributed by atoms with Crippen molar-refractivity contribution >= 4 is 11.7 Å². The average Bonchev–Trinajstić information content (AvgIpc) is 2.26. The highest BCUT2D eigenvalue weighted by Crippen LogP contribution is 2.27.